The number of hydrogen-bond donors (Lipinski definition) is 1. The highest BCUT2D eigenvalue weighted by molar-refractivity contribution is 5.06. The molecule has 1 heterocycles. The quantitative estimate of drug-likeness (QED) is 0.721. The van der Waals surface area contributed by atoms with E-state index in [0.29, 0.717) is 18.4 Å². The zero-order valence-corrected chi connectivity index (χ0v) is 7.08. The predicted octanol–water partition coefficient (Wildman–Crippen LogP) is 1.98. The minimum absolute atomic E-state index is 0.366. The van der Waals surface area contributed by atoms with Crippen LogP contribution in [0.15, 0.2) is 22.8 Å². The summed E-state index contributed by atoms with van der Waals surface area (Å²) in [6.07, 6.45) is 1.69. The smallest absolute Gasteiger partial charge is 0.108 e. The third-order valence-corrected chi connectivity index (χ3v) is 1.97. The first-order valence-electron chi connectivity index (χ1n) is 3.99. The Morgan fingerprint density at radius 1 is 1.55 bits per heavy atom. The molecule has 11 heavy (non-hydrogen) atoms. The standard InChI is InChI=1S/C9H15NO/c1-7(2)8(6-10)9-4-3-5-11-9/h3-5,7-8H,6,10H2,1-2H3. The fourth-order valence-corrected chi connectivity index (χ4v) is 1.22. The summed E-state index contributed by atoms with van der Waals surface area (Å²) in [7, 11) is 0. The Labute approximate surface area is 67.4 Å². The summed E-state index contributed by atoms with van der Waals surface area (Å²) in [6.45, 7) is 4.96. The molecule has 1 rings (SSSR count). The zero-order valence-electron chi connectivity index (χ0n) is 7.08. The van der Waals surface area contributed by atoms with Gasteiger partial charge in [-0.1, -0.05) is 13.8 Å². The third-order valence-electron chi connectivity index (χ3n) is 1.97. The molecular formula is C9H15NO. The summed E-state index contributed by atoms with van der Waals surface area (Å²) in [4.78, 5) is 0. The first-order valence-corrected chi connectivity index (χ1v) is 3.99. The molecule has 0 spiro atoms. The molecule has 2 N–H and O–H groups in total. The predicted molar refractivity (Wildman–Crippen MR) is 45.3 cm³/mol. The second kappa shape index (κ2) is 3.58. The van der Waals surface area contributed by atoms with Gasteiger partial charge in [0.1, 0.15) is 5.76 Å². The molecule has 0 saturated carbocycles. The fraction of sp³-hybridized carbons (Fsp3) is 0.556. The van der Waals surface area contributed by atoms with Crippen LogP contribution in [-0.4, -0.2) is 6.54 Å². The van der Waals surface area contributed by atoms with Crippen molar-refractivity contribution >= 4 is 0 Å². The van der Waals surface area contributed by atoms with Crippen LogP contribution in [0.5, 0.6) is 0 Å². The van der Waals surface area contributed by atoms with Gasteiger partial charge in [-0.05, 0) is 18.1 Å². The van der Waals surface area contributed by atoms with E-state index in [1.165, 1.54) is 0 Å². The van der Waals surface area contributed by atoms with Gasteiger partial charge in [-0.3, -0.25) is 0 Å². The van der Waals surface area contributed by atoms with Gasteiger partial charge in [0, 0.05) is 12.5 Å². The summed E-state index contributed by atoms with van der Waals surface area (Å²) < 4.78 is 5.27. The lowest BCUT2D eigenvalue weighted by Gasteiger charge is -2.15. The molecular weight excluding hydrogens is 138 g/mol. The summed E-state index contributed by atoms with van der Waals surface area (Å²) in [5.41, 5.74) is 5.60. The van der Waals surface area contributed by atoms with Crippen LogP contribution >= 0.6 is 0 Å². The van der Waals surface area contributed by atoms with Crippen molar-refractivity contribution in [1.29, 1.82) is 0 Å². The maximum absolute atomic E-state index is 5.60. The van der Waals surface area contributed by atoms with Gasteiger partial charge in [-0.2, -0.15) is 0 Å². The van der Waals surface area contributed by atoms with Crippen LogP contribution in [0, 0.1) is 5.92 Å². The monoisotopic (exact) mass is 153 g/mol. The molecule has 1 unspecified atom stereocenters. The lowest BCUT2D eigenvalue weighted by Crippen LogP contribution is -2.16. The first-order chi connectivity index (χ1) is 5.25. The highest BCUT2D eigenvalue weighted by atomic mass is 16.3. The molecule has 0 radical (unpaired) electrons. The van der Waals surface area contributed by atoms with Crippen LogP contribution in [0.1, 0.15) is 25.5 Å². The number of nitrogens with two attached hydrogens (primary N) is 1. The maximum atomic E-state index is 5.60. The molecule has 0 aliphatic carbocycles. The average molecular weight is 153 g/mol. The highest BCUT2D eigenvalue weighted by Gasteiger charge is 2.15. The van der Waals surface area contributed by atoms with E-state index in [-0.39, 0.29) is 0 Å². The van der Waals surface area contributed by atoms with Crippen molar-refractivity contribution in [2.45, 2.75) is 19.8 Å². The van der Waals surface area contributed by atoms with Crippen molar-refractivity contribution < 1.29 is 4.42 Å². The summed E-state index contributed by atoms with van der Waals surface area (Å²) in [6, 6.07) is 3.89. The van der Waals surface area contributed by atoms with Crippen LogP contribution in [0.4, 0.5) is 0 Å². The third kappa shape index (κ3) is 1.84. The number of rotatable bonds is 3. The summed E-state index contributed by atoms with van der Waals surface area (Å²) in [5.74, 6) is 1.92. The van der Waals surface area contributed by atoms with Crippen molar-refractivity contribution in [3.05, 3.63) is 24.2 Å². The normalized spacial score (nSPS) is 13.8. The minimum Gasteiger partial charge on any atom is -0.469 e. The van der Waals surface area contributed by atoms with Gasteiger partial charge in [-0.25, -0.2) is 0 Å². The van der Waals surface area contributed by atoms with Gasteiger partial charge >= 0.3 is 0 Å². The second-order valence-electron chi connectivity index (χ2n) is 3.10. The van der Waals surface area contributed by atoms with E-state index < -0.39 is 0 Å². The molecule has 0 saturated heterocycles. The van der Waals surface area contributed by atoms with Crippen LogP contribution < -0.4 is 5.73 Å². The number of hydrogen-bond acceptors (Lipinski definition) is 2. The van der Waals surface area contributed by atoms with Crippen molar-refractivity contribution in [1.82, 2.24) is 0 Å². The van der Waals surface area contributed by atoms with Gasteiger partial charge < -0.3 is 10.2 Å². The zero-order chi connectivity index (χ0) is 8.27. The van der Waals surface area contributed by atoms with Gasteiger partial charge in [0.25, 0.3) is 0 Å². The van der Waals surface area contributed by atoms with E-state index in [4.69, 9.17) is 10.2 Å². The van der Waals surface area contributed by atoms with Gasteiger partial charge in [0.2, 0.25) is 0 Å². The lowest BCUT2D eigenvalue weighted by atomic mass is 9.94. The Balaban J connectivity index is 2.71. The molecule has 1 aromatic rings. The Hall–Kier alpha value is -0.760. The highest BCUT2D eigenvalue weighted by Crippen LogP contribution is 2.22. The minimum atomic E-state index is 0.366. The SMILES string of the molecule is CC(C)C(CN)c1ccco1. The molecule has 0 bridgehead atoms. The maximum Gasteiger partial charge on any atom is 0.108 e. The van der Waals surface area contributed by atoms with Crippen molar-refractivity contribution in [3.8, 4) is 0 Å². The lowest BCUT2D eigenvalue weighted by molar-refractivity contribution is 0.400. The van der Waals surface area contributed by atoms with Gasteiger partial charge in [-0.15, -0.1) is 0 Å². The summed E-state index contributed by atoms with van der Waals surface area (Å²) >= 11 is 0. The molecule has 62 valence electrons. The van der Waals surface area contributed by atoms with Crippen LogP contribution in [0.3, 0.4) is 0 Å². The van der Waals surface area contributed by atoms with Crippen molar-refractivity contribution in [2.75, 3.05) is 6.54 Å². The molecule has 0 aliphatic heterocycles. The van der Waals surface area contributed by atoms with E-state index >= 15 is 0 Å². The molecule has 2 nitrogen and oxygen atoms in total. The van der Waals surface area contributed by atoms with Crippen LogP contribution in [0.25, 0.3) is 0 Å². The molecule has 0 amide bonds. The van der Waals surface area contributed by atoms with Crippen molar-refractivity contribution in [2.24, 2.45) is 11.7 Å². The first kappa shape index (κ1) is 8.34. The Bertz CT molecular complexity index is 191. The van der Waals surface area contributed by atoms with E-state index in [1.807, 2.05) is 12.1 Å². The molecule has 2 heteroatoms. The topological polar surface area (TPSA) is 39.2 Å². The summed E-state index contributed by atoms with van der Waals surface area (Å²) in [5, 5.41) is 0. The van der Waals surface area contributed by atoms with Crippen LogP contribution in [-0.2, 0) is 0 Å². The van der Waals surface area contributed by atoms with Crippen LogP contribution in [0.2, 0.25) is 0 Å². The van der Waals surface area contributed by atoms with E-state index in [0.717, 1.165) is 5.76 Å². The molecule has 0 aromatic carbocycles. The molecule has 1 aromatic heterocycles. The second-order valence-corrected chi connectivity index (χ2v) is 3.10. The average Bonchev–Trinajstić information content (AvgIpc) is 2.40. The van der Waals surface area contributed by atoms with Gasteiger partial charge in [0.05, 0.1) is 6.26 Å². The van der Waals surface area contributed by atoms with E-state index in [9.17, 15) is 0 Å². The van der Waals surface area contributed by atoms with Crippen molar-refractivity contribution in [3.63, 3.8) is 0 Å². The Morgan fingerprint density at radius 3 is 2.64 bits per heavy atom. The fourth-order valence-electron chi connectivity index (χ4n) is 1.22. The van der Waals surface area contributed by atoms with E-state index in [2.05, 4.69) is 13.8 Å². The number of furan rings is 1. The molecule has 0 fully saturated rings. The van der Waals surface area contributed by atoms with E-state index in [1.54, 1.807) is 6.26 Å². The van der Waals surface area contributed by atoms with Gasteiger partial charge in [0.15, 0.2) is 0 Å². The Kier molecular flexibility index (Phi) is 2.71. The Morgan fingerprint density at radius 2 is 2.27 bits per heavy atom. The molecule has 1 atom stereocenters. The molecule has 0 aliphatic rings. The largest absolute Gasteiger partial charge is 0.469 e.